The van der Waals surface area contributed by atoms with Gasteiger partial charge in [-0.2, -0.15) is 4.98 Å². The minimum Gasteiger partial charge on any atom is -0.481 e. The first-order valence-corrected chi connectivity index (χ1v) is 7.11. The molecule has 1 N–H and O–H groups in total. The Hall–Kier alpha value is -1.85. The van der Waals surface area contributed by atoms with E-state index < -0.39 is 5.97 Å². The van der Waals surface area contributed by atoms with E-state index in [1.54, 1.807) is 12.3 Å². The number of hydrogen-bond acceptors (Lipinski definition) is 5. The Kier molecular flexibility index (Phi) is 5.15. The number of hydrogen-bond donors (Lipinski definition) is 1. The summed E-state index contributed by atoms with van der Waals surface area (Å²) in [4.78, 5) is 21.4. The van der Waals surface area contributed by atoms with Gasteiger partial charge in [-0.25, -0.2) is 4.98 Å². The molecule has 0 amide bonds. The van der Waals surface area contributed by atoms with E-state index >= 15 is 0 Å². The second-order valence-corrected chi connectivity index (χ2v) is 4.99. The predicted molar refractivity (Wildman–Crippen MR) is 75.0 cm³/mol. The smallest absolute Gasteiger partial charge is 0.303 e. The van der Waals surface area contributed by atoms with Gasteiger partial charge in [-0.1, -0.05) is 0 Å². The highest BCUT2D eigenvalue weighted by atomic mass is 16.5. The van der Waals surface area contributed by atoms with E-state index in [1.807, 2.05) is 6.92 Å². The van der Waals surface area contributed by atoms with Gasteiger partial charge in [-0.3, -0.25) is 4.79 Å². The second kappa shape index (κ2) is 7.07. The SMILES string of the molecule is CCOc1ccnc(N2CCC(CCC(=O)O)CC2)n1. The van der Waals surface area contributed by atoms with Crippen LogP contribution in [0.15, 0.2) is 12.3 Å². The van der Waals surface area contributed by atoms with Gasteiger partial charge in [0.2, 0.25) is 11.8 Å². The second-order valence-electron chi connectivity index (χ2n) is 4.99. The molecule has 1 saturated heterocycles. The maximum atomic E-state index is 10.6. The third-order valence-corrected chi connectivity index (χ3v) is 3.57. The molecule has 0 saturated carbocycles. The van der Waals surface area contributed by atoms with E-state index in [4.69, 9.17) is 9.84 Å². The number of carboxylic acid groups (broad SMARTS) is 1. The molecule has 0 spiro atoms. The summed E-state index contributed by atoms with van der Waals surface area (Å²) in [5, 5.41) is 8.71. The fourth-order valence-corrected chi connectivity index (χ4v) is 2.46. The van der Waals surface area contributed by atoms with Crippen LogP contribution in [0.1, 0.15) is 32.6 Å². The number of ether oxygens (including phenoxy) is 1. The van der Waals surface area contributed by atoms with Crippen LogP contribution in [0.3, 0.4) is 0 Å². The number of anilines is 1. The fourth-order valence-electron chi connectivity index (χ4n) is 2.46. The summed E-state index contributed by atoms with van der Waals surface area (Å²) < 4.78 is 5.38. The highest BCUT2D eigenvalue weighted by Gasteiger charge is 2.21. The largest absolute Gasteiger partial charge is 0.481 e. The predicted octanol–water partition coefficient (Wildman–Crippen LogP) is 1.96. The maximum absolute atomic E-state index is 10.6. The van der Waals surface area contributed by atoms with Crippen LogP contribution in [0.2, 0.25) is 0 Å². The molecule has 1 aliphatic rings. The maximum Gasteiger partial charge on any atom is 0.303 e. The molecular formula is C14H21N3O3. The lowest BCUT2D eigenvalue weighted by Crippen LogP contribution is -2.35. The van der Waals surface area contributed by atoms with Gasteiger partial charge in [0.25, 0.3) is 0 Å². The van der Waals surface area contributed by atoms with Crippen molar-refractivity contribution in [3.8, 4) is 5.88 Å². The number of piperidine rings is 1. The minimum atomic E-state index is -0.708. The molecule has 0 atom stereocenters. The topological polar surface area (TPSA) is 75.5 Å². The first-order valence-electron chi connectivity index (χ1n) is 7.11. The van der Waals surface area contributed by atoms with Crippen molar-refractivity contribution in [3.05, 3.63) is 12.3 Å². The van der Waals surface area contributed by atoms with Gasteiger partial charge >= 0.3 is 5.97 Å². The van der Waals surface area contributed by atoms with Crippen molar-refractivity contribution in [2.24, 2.45) is 5.92 Å². The molecule has 0 aliphatic carbocycles. The molecule has 0 bridgehead atoms. The van der Waals surface area contributed by atoms with Crippen LogP contribution in [-0.2, 0) is 4.79 Å². The Labute approximate surface area is 118 Å². The van der Waals surface area contributed by atoms with E-state index in [-0.39, 0.29) is 6.42 Å². The van der Waals surface area contributed by atoms with Crippen LogP contribution in [0.4, 0.5) is 5.95 Å². The Morgan fingerprint density at radius 1 is 1.50 bits per heavy atom. The summed E-state index contributed by atoms with van der Waals surface area (Å²) >= 11 is 0. The van der Waals surface area contributed by atoms with Gasteiger partial charge < -0.3 is 14.7 Å². The Balaban J connectivity index is 1.86. The lowest BCUT2D eigenvalue weighted by molar-refractivity contribution is -0.137. The van der Waals surface area contributed by atoms with Gasteiger partial charge in [0.1, 0.15) is 0 Å². The van der Waals surface area contributed by atoms with Crippen LogP contribution < -0.4 is 9.64 Å². The molecule has 1 aromatic heterocycles. The quantitative estimate of drug-likeness (QED) is 0.858. The van der Waals surface area contributed by atoms with Crippen molar-refractivity contribution in [1.29, 1.82) is 0 Å². The summed E-state index contributed by atoms with van der Waals surface area (Å²) in [5.74, 6) is 1.09. The number of carbonyl (C=O) groups is 1. The molecule has 2 rings (SSSR count). The zero-order valence-corrected chi connectivity index (χ0v) is 11.8. The van der Waals surface area contributed by atoms with Gasteiger partial charge in [0, 0.05) is 31.8 Å². The van der Waals surface area contributed by atoms with Crippen LogP contribution in [-0.4, -0.2) is 40.7 Å². The van der Waals surface area contributed by atoms with E-state index in [0.29, 0.717) is 24.4 Å². The molecule has 1 aromatic rings. The number of aliphatic carboxylic acids is 1. The first kappa shape index (κ1) is 14.6. The lowest BCUT2D eigenvalue weighted by Gasteiger charge is -2.31. The summed E-state index contributed by atoms with van der Waals surface area (Å²) in [6.07, 6.45) is 4.73. The van der Waals surface area contributed by atoms with Crippen molar-refractivity contribution in [2.75, 3.05) is 24.6 Å². The average Bonchev–Trinajstić information content (AvgIpc) is 2.46. The number of carboxylic acids is 1. The van der Waals surface area contributed by atoms with Crippen LogP contribution in [0.5, 0.6) is 5.88 Å². The Morgan fingerprint density at radius 3 is 2.90 bits per heavy atom. The molecule has 0 unspecified atom stereocenters. The molecule has 20 heavy (non-hydrogen) atoms. The highest BCUT2D eigenvalue weighted by Crippen LogP contribution is 2.24. The molecule has 1 fully saturated rings. The minimum absolute atomic E-state index is 0.265. The first-order chi connectivity index (χ1) is 9.69. The third-order valence-electron chi connectivity index (χ3n) is 3.57. The molecule has 6 heteroatoms. The van der Waals surface area contributed by atoms with Crippen molar-refractivity contribution in [3.63, 3.8) is 0 Å². The average molecular weight is 279 g/mol. The number of nitrogens with zero attached hydrogens (tertiary/aromatic N) is 3. The van der Waals surface area contributed by atoms with Crippen LogP contribution in [0, 0.1) is 5.92 Å². The van der Waals surface area contributed by atoms with Gasteiger partial charge in [-0.05, 0) is 32.1 Å². The summed E-state index contributed by atoms with van der Waals surface area (Å²) in [7, 11) is 0. The summed E-state index contributed by atoms with van der Waals surface area (Å²) in [5.41, 5.74) is 0. The summed E-state index contributed by atoms with van der Waals surface area (Å²) in [6, 6.07) is 1.76. The van der Waals surface area contributed by atoms with Crippen molar-refractivity contribution in [2.45, 2.75) is 32.6 Å². The van der Waals surface area contributed by atoms with E-state index in [0.717, 1.165) is 32.4 Å². The standard InChI is InChI=1S/C14H21N3O3/c1-2-20-12-5-8-15-14(16-12)17-9-6-11(7-10-17)3-4-13(18)19/h5,8,11H,2-4,6-7,9-10H2,1H3,(H,18,19). The Morgan fingerprint density at radius 2 is 2.25 bits per heavy atom. The Bertz CT molecular complexity index is 445. The van der Waals surface area contributed by atoms with Crippen LogP contribution in [0.25, 0.3) is 0 Å². The normalized spacial score (nSPS) is 16.1. The van der Waals surface area contributed by atoms with Crippen molar-refractivity contribution < 1.29 is 14.6 Å². The molecule has 6 nitrogen and oxygen atoms in total. The molecule has 0 aromatic carbocycles. The highest BCUT2D eigenvalue weighted by molar-refractivity contribution is 5.66. The molecule has 110 valence electrons. The zero-order chi connectivity index (χ0) is 14.4. The molecule has 0 radical (unpaired) electrons. The van der Waals surface area contributed by atoms with Gasteiger partial charge in [-0.15, -0.1) is 0 Å². The van der Waals surface area contributed by atoms with E-state index in [2.05, 4.69) is 14.9 Å². The van der Waals surface area contributed by atoms with Crippen molar-refractivity contribution in [1.82, 2.24) is 9.97 Å². The van der Waals surface area contributed by atoms with E-state index in [1.165, 1.54) is 0 Å². The lowest BCUT2D eigenvalue weighted by atomic mass is 9.92. The van der Waals surface area contributed by atoms with Crippen LogP contribution >= 0.6 is 0 Å². The van der Waals surface area contributed by atoms with Gasteiger partial charge in [0.05, 0.1) is 6.61 Å². The van der Waals surface area contributed by atoms with Crippen molar-refractivity contribution >= 4 is 11.9 Å². The van der Waals surface area contributed by atoms with Gasteiger partial charge in [0.15, 0.2) is 0 Å². The zero-order valence-electron chi connectivity index (χ0n) is 11.8. The summed E-state index contributed by atoms with van der Waals surface area (Å²) in [6.45, 7) is 4.27. The number of rotatable bonds is 6. The monoisotopic (exact) mass is 279 g/mol. The fraction of sp³-hybridized carbons (Fsp3) is 0.643. The third kappa shape index (κ3) is 4.08. The number of aromatic nitrogens is 2. The molecule has 2 heterocycles. The molecule has 1 aliphatic heterocycles. The van der Waals surface area contributed by atoms with E-state index in [9.17, 15) is 4.79 Å². The molecular weight excluding hydrogens is 258 g/mol.